The van der Waals surface area contributed by atoms with Gasteiger partial charge in [-0.2, -0.15) is 0 Å². The van der Waals surface area contributed by atoms with Crippen LogP contribution in [0.1, 0.15) is 64.7 Å². The van der Waals surface area contributed by atoms with Gasteiger partial charge in [0.1, 0.15) is 22.0 Å². The van der Waals surface area contributed by atoms with Crippen LogP contribution in [0.25, 0.3) is 0 Å². The molecule has 1 atom stereocenters. The largest absolute Gasteiger partial charge is 0.381 e. The summed E-state index contributed by atoms with van der Waals surface area (Å²) in [5, 5.41) is 0. The van der Waals surface area contributed by atoms with Crippen LogP contribution in [0.5, 0.6) is 0 Å². The molecule has 4 nitrogen and oxygen atoms in total. The van der Waals surface area contributed by atoms with E-state index in [1.54, 1.807) is 0 Å². The first-order valence-corrected chi connectivity index (χ1v) is 10.7. The van der Waals surface area contributed by atoms with Gasteiger partial charge in [-0.15, -0.1) is 0 Å². The first kappa shape index (κ1) is 19.8. The minimum absolute atomic E-state index is 0.543. The Balaban J connectivity index is 1.74. The molecule has 0 aromatic carbocycles. The van der Waals surface area contributed by atoms with Gasteiger partial charge in [0.2, 0.25) is 0 Å². The van der Waals surface area contributed by atoms with Gasteiger partial charge in [-0.3, -0.25) is 0 Å². The Kier molecular flexibility index (Phi) is 8.63. The third-order valence-corrected chi connectivity index (χ3v) is 7.30. The zero-order chi connectivity index (χ0) is 17.3. The highest BCUT2D eigenvalue weighted by Crippen LogP contribution is 2.30. The number of unbranched alkanes of at least 4 members (excludes halogenated alkanes) is 4. The molecule has 0 bridgehead atoms. The van der Waals surface area contributed by atoms with E-state index in [0.29, 0.717) is 32.0 Å². The van der Waals surface area contributed by atoms with Crippen molar-refractivity contribution in [2.45, 2.75) is 69.5 Å². The molecule has 5 heteroatoms. The lowest BCUT2D eigenvalue weighted by molar-refractivity contribution is -0.112. The van der Waals surface area contributed by atoms with Gasteiger partial charge in [0.15, 0.2) is 0 Å². The number of hydrogen-bond donors (Lipinski definition) is 0. The van der Waals surface area contributed by atoms with Crippen molar-refractivity contribution in [3.05, 3.63) is 12.2 Å². The highest BCUT2D eigenvalue weighted by Gasteiger charge is 2.42. The topological polar surface area (TPSA) is 46.6 Å². The van der Waals surface area contributed by atoms with Gasteiger partial charge < -0.3 is 9.53 Å². The van der Waals surface area contributed by atoms with Gasteiger partial charge in [-0.1, -0.05) is 38.3 Å². The Labute approximate surface area is 149 Å². The number of carbonyl (C=O) groups is 1. The molecule has 0 aliphatic carbocycles. The molecule has 0 spiro atoms. The molecule has 138 valence electrons. The maximum absolute atomic E-state index is 12.9. The van der Waals surface area contributed by atoms with Crippen LogP contribution in [-0.2, 0) is 20.5 Å². The average molecular weight is 356 g/mol. The van der Waals surface area contributed by atoms with E-state index < -0.39 is 15.7 Å². The summed E-state index contributed by atoms with van der Waals surface area (Å²) in [5.41, 5.74) is 0. The van der Waals surface area contributed by atoms with Gasteiger partial charge in [-0.25, -0.2) is 8.51 Å². The number of carbonyl (C=O) groups excluding carboxylic acids is 1. The second-order valence-corrected chi connectivity index (χ2v) is 8.92. The molecule has 24 heavy (non-hydrogen) atoms. The summed E-state index contributed by atoms with van der Waals surface area (Å²) < 4.78 is 19.6. The summed E-state index contributed by atoms with van der Waals surface area (Å²) >= 11 is 0. The highest BCUT2D eigenvalue weighted by molar-refractivity contribution is 7.84. The molecular formula is C19H33NO3S. The van der Waals surface area contributed by atoms with Gasteiger partial charge >= 0.3 is 0 Å². The van der Waals surface area contributed by atoms with Crippen LogP contribution < -0.4 is 0 Å². The molecule has 0 radical (unpaired) electrons. The normalized spacial score (nSPS) is 24.2. The number of ether oxygens (including phenoxy) is 1. The van der Waals surface area contributed by atoms with Crippen molar-refractivity contribution in [2.24, 2.45) is 5.92 Å². The van der Waals surface area contributed by atoms with Crippen molar-refractivity contribution in [2.75, 3.05) is 26.3 Å². The fourth-order valence-electron chi connectivity index (χ4n) is 3.52. The second-order valence-electron chi connectivity index (χ2n) is 7.09. The molecule has 2 saturated heterocycles. The van der Waals surface area contributed by atoms with Crippen LogP contribution in [0.3, 0.4) is 0 Å². The quantitative estimate of drug-likeness (QED) is 0.360. The molecule has 2 heterocycles. The molecule has 0 aromatic heterocycles. The van der Waals surface area contributed by atoms with E-state index in [1.807, 2.05) is 4.31 Å². The van der Waals surface area contributed by atoms with E-state index in [1.165, 1.54) is 32.1 Å². The lowest BCUT2D eigenvalue weighted by Crippen LogP contribution is -2.50. The predicted molar refractivity (Wildman–Crippen MR) is 99.2 cm³/mol. The molecule has 2 fully saturated rings. The van der Waals surface area contributed by atoms with E-state index >= 15 is 0 Å². The molecular weight excluding hydrogens is 322 g/mol. The van der Waals surface area contributed by atoms with Gasteiger partial charge in [0.05, 0.1) is 0 Å². The lowest BCUT2D eigenvalue weighted by Gasteiger charge is -2.38. The molecule has 2 rings (SSSR count). The van der Waals surface area contributed by atoms with E-state index in [0.717, 1.165) is 32.2 Å². The Bertz CT molecular complexity index is 424. The lowest BCUT2D eigenvalue weighted by atomic mass is 9.97. The standard InChI is InChI=1S/C19H33NO3S/c1-2-3-4-5-6-7-8-18-9-13-20(14-10-18)24(22)19(17-21)11-15-23-16-12-19/h7-8,17-18H,2-6,9-16H2,1H3/b8-7+. The second kappa shape index (κ2) is 10.5. The van der Waals surface area contributed by atoms with Crippen molar-refractivity contribution < 1.29 is 13.7 Å². The van der Waals surface area contributed by atoms with Crippen molar-refractivity contribution >= 4 is 17.3 Å². The maximum Gasteiger partial charge on any atom is 0.140 e. The average Bonchev–Trinajstić information content (AvgIpc) is 2.65. The third kappa shape index (κ3) is 5.50. The van der Waals surface area contributed by atoms with Crippen LogP contribution in [-0.4, -0.2) is 45.9 Å². The van der Waals surface area contributed by atoms with E-state index in [4.69, 9.17) is 4.74 Å². The van der Waals surface area contributed by atoms with Crippen LogP contribution in [0.15, 0.2) is 12.2 Å². The summed E-state index contributed by atoms with van der Waals surface area (Å²) in [7, 11) is -1.22. The Morgan fingerprint density at radius 2 is 1.88 bits per heavy atom. The monoisotopic (exact) mass is 355 g/mol. The number of rotatable bonds is 9. The Morgan fingerprint density at radius 3 is 2.50 bits per heavy atom. The zero-order valence-corrected chi connectivity index (χ0v) is 15.9. The van der Waals surface area contributed by atoms with Crippen LogP contribution >= 0.6 is 0 Å². The zero-order valence-electron chi connectivity index (χ0n) is 15.1. The first-order valence-electron chi connectivity index (χ1n) is 9.59. The van der Waals surface area contributed by atoms with Crippen molar-refractivity contribution in [3.8, 4) is 0 Å². The Hall–Kier alpha value is -0.520. The van der Waals surface area contributed by atoms with Gasteiger partial charge in [0.25, 0.3) is 0 Å². The molecule has 2 aliphatic rings. The number of aldehydes is 1. The van der Waals surface area contributed by atoms with Gasteiger partial charge in [0, 0.05) is 26.3 Å². The first-order chi connectivity index (χ1) is 11.7. The summed E-state index contributed by atoms with van der Waals surface area (Å²) in [4.78, 5) is 11.6. The van der Waals surface area contributed by atoms with Crippen molar-refractivity contribution in [1.29, 1.82) is 0 Å². The van der Waals surface area contributed by atoms with Crippen LogP contribution in [0.4, 0.5) is 0 Å². The van der Waals surface area contributed by atoms with E-state index in [-0.39, 0.29) is 0 Å². The number of allylic oxidation sites excluding steroid dienone is 2. The maximum atomic E-state index is 12.9. The SMILES string of the molecule is CCCCCC/C=C/C1CCN(S(=O)C2(C=O)CCOCC2)CC1. The highest BCUT2D eigenvalue weighted by atomic mass is 32.2. The predicted octanol–water partition coefficient (Wildman–Crippen LogP) is 3.64. The van der Waals surface area contributed by atoms with Crippen molar-refractivity contribution in [3.63, 3.8) is 0 Å². The van der Waals surface area contributed by atoms with Gasteiger partial charge in [-0.05, 0) is 44.4 Å². The van der Waals surface area contributed by atoms with E-state index in [9.17, 15) is 9.00 Å². The minimum atomic E-state index is -1.22. The number of hydrogen-bond acceptors (Lipinski definition) is 3. The van der Waals surface area contributed by atoms with Crippen molar-refractivity contribution in [1.82, 2.24) is 4.31 Å². The number of piperidine rings is 1. The summed E-state index contributed by atoms with van der Waals surface area (Å²) in [6.45, 7) is 4.98. The number of nitrogens with zero attached hydrogens (tertiary/aromatic N) is 1. The molecule has 0 aromatic rings. The fraction of sp³-hybridized carbons (Fsp3) is 0.842. The Morgan fingerprint density at radius 1 is 1.17 bits per heavy atom. The summed E-state index contributed by atoms with van der Waals surface area (Å²) in [6, 6.07) is 0. The minimum Gasteiger partial charge on any atom is -0.381 e. The molecule has 2 aliphatic heterocycles. The fourth-order valence-corrected chi connectivity index (χ4v) is 5.17. The van der Waals surface area contributed by atoms with Crippen LogP contribution in [0, 0.1) is 5.92 Å². The molecule has 0 N–H and O–H groups in total. The summed E-state index contributed by atoms with van der Waals surface area (Å²) in [5.74, 6) is 0.603. The smallest absolute Gasteiger partial charge is 0.140 e. The summed E-state index contributed by atoms with van der Waals surface area (Å²) in [6.07, 6.45) is 15.3. The molecule has 0 amide bonds. The van der Waals surface area contributed by atoms with Crippen LogP contribution in [0.2, 0.25) is 0 Å². The molecule has 0 saturated carbocycles. The third-order valence-electron chi connectivity index (χ3n) is 5.27. The molecule has 1 unspecified atom stereocenters. The van der Waals surface area contributed by atoms with E-state index in [2.05, 4.69) is 19.1 Å².